The number of hydrogen-bond acceptors (Lipinski definition) is 6. The molecule has 0 aliphatic carbocycles. The first-order chi connectivity index (χ1) is 15.6. The van der Waals surface area contributed by atoms with E-state index in [1.165, 1.54) is 16.7 Å². The maximum Gasteiger partial charge on any atom is 0.244 e. The number of nitrogens with one attached hydrogen (secondary N) is 1. The third-order valence-corrected chi connectivity index (χ3v) is 6.62. The fourth-order valence-corrected chi connectivity index (χ4v) is 4.99. The van der Waals surface area contributed by atoms with Gasteiger partial charge in [-0.3, -0.25) is 14.2 Å². The van der Waals surface area contributed by atoms with Crippen LogP contribution in [0.2, 0.25) is 5.02 Å². The lowest BCUT2D eigenvalue weighted by atomic mass is 10.2. The van der Waals surface area contributed by atoms with Gasteiger partial charge in [0, 0.05) is 18.1 Å². The molecule has 5 rings (SSSR count). The molecule has 0 bridgehead atoms. The number of nitrogens with zero attached hydrogens (tertiary/aromatic N) is 5. The van der Waals surface area contributed by atoms with E-state index in [1.807, 2.05) is 47.0 Å². The zero-order chi connectivity index (χ0) is 22.1. The van der Waals surface area contributed by atoms with E-state index in [9.17, 15) is 9.59 Å². The normalized spacial score (nSPS) is 15.6. The lowest BCUT2D eigenvalue weighted by Gasteiger charge is -2.29. The maximum atomic E-state index is 13.1. The molecule has 3 aromatic rings. The van der Waals surface area contributed by atoms with Gasteiger partial charge in [-0.05, 0) is 43.2 Å². The first-order valence-corrected chi connectivity index (χ1v) is 11.7. The van der Waals surface area contributed by atoms with Crippen molar-refractivity contribution < 1.29 is 9.59 Å². The van der Waals surface area contributed by atoms with Crippen molar-refractivity contribution in [3.8, 4) is 5.69 Å². The first kappa shape index (κ1) is 20.8. The van der Waals surface area contributed by atoms with Crippen LogP contribution in [-0.2, 0) is 9.59 Å². The third-order valence-electron chi connectivity index (χ3n) is 5.47. The predicted octanol–water partition coefficient (Wildman–Crippen LogP) is 3.60. The van der Waals surface area contributed by atoms with Crippen LogP contribution in [-0.4, -0.2) is 52.0 Å². The van der Waals surface area contributed by atoms with Gasteiger partial charge in [-0.2, -0.15) is 0 Å². The summed E-state index contributed by atoms with van der Waals surface area (Å²) in [5.41, 5.74) is 2.19. The van der Waals surface area contributed by atoms with E-state index >= 15 is 0 Å². The molecule has 1 N–H and O–H groups in total. The molecule has 164 valence electrons. The number of benzene rings is 2. The van der Waals surface area contributed by atoms with E-state index in [1.54, 1.807) is 6.07 Å². The van der Waals surface area contributed by atoms with Gasteiger partial charge >= 0.3 is 0 Å². The summed E-state index contributed by atoms with van der Waals surface area (Å²) >= 11 is 7.55. The quantitative estimate of drug-likeness (QED) is 0.576. The molecule has 8 nitrogen and oxygen atoms in total. The number of amides is 2. The van der Waals surface area contributed by atoms with Crippen molar-refractivity contribution in [2.24, 2.45) is 0 Å². The number of carbonyl (C=O) groups is 2. The minimum absolute atomic E-state index is 0.00355. The summed E-state index contributed by atoms with van der Waals surface area (Å²) < 4.78 is 1.95. The Morgan fingerprint density at radius 2 is 1.91 bits per heavy atom. The van der Waals surface area contributed by atoms with Gasteiger partial charge in [-0.1, -0.05) is 41.6 Å². The van der Waals surface area contributed by atoms with Crippen LogP contribution in [0.1, 0.15) is 12.8 Å². The Bertz CT molecular complexity index is 1180. The minimum Gasteiger partial charge on any atom is -0.341 e. The summed E-state index contributed by atoms with van der Waals surface area (Å²) in [5, 5.41) is 12.8. The number of rotatable bonds is 5. The molecule has 1 aromatic heterocycles. The Labute approximate surface area is 194 Å². The lowest BCUT2D eigenvalue weighted by molar-refractivity contribution is -0.120. The first-order valence-electron chi connectivity index (χ1n) is 10.4. The SMILES string of the molecule is O=C1CN(C(=O)CSc2nnc(N3CCCC3)n2-c2cccc(Cl)c2)c2ccccc2N1. The van der Waals surface area contributed by atoms with Gasteiger partial charge in [0.05, 0.1) is 22.8 Å². The van der Waals surface area contributed by atoms with Crippen molar-refractivity contribution in [3.05, 3.63) is 53.6 Å². The number of halogens is 1. The highest BCUT2D eigenvalue weighted by Gasteiger charge is 2.28. The molecule has 0 radical (unpaired) electrons. The zero-order valence-electron chi connectivity index (χ0n) is 17.2. The monoisotopic (exact) mass is 468 g/mol. The van der Waals surface area contributed by atoms with Crippen LogP contribution in [0.5, 0.6) is 0 Å². The van der Waals surface area contributed by atoms with E-state index in [0.29, 0.717) is 21.6 Å². The number of hydrogen-bond donors (Lipinski definition) is 1. The average molecular weight is 469 g/mol. The Kier molecular flexibility index (Phi) is 5.75. The topological polar surface area (TPSA) is 83.4 Å². The van der Waals surface area contributed by atoms with Crippen LogP contribution in [0, 0.1) is 0 Å². The summed E-state index contributed by atoms with van der Waals surface area (Å²) in [6.45, 7) is 1.83. The highest BCUT2D eigenvalue weighted by molar-refractivity contribution is 7.99. The molecular weight excluding hydrogens is 448 g/mol. The van der Waals surface area contributed by atoms with Crippen LogP contribution in [0.15, 0.2) is 53.7 Å². The van der Waals surface area contributed by atoms with Crippen molar-refractivity contribution in [1.82, 2.24) is 14.8 Å². The lowest BCUT2D eigenvalue weighted by Crippen LogP contribution is -2.43. The van der Waals surface area contributed by atoms with Crippen molar-refractivity contribution in [1.29, 1.82) is 0 Å². The number of para-hydroxylation sites is 2. The Hall–Kier alpha value is -3.04. The molecule has 1 fully saturated rings. The number of aromatic nitrogens is 3. The molecular formula is C22H21ClN6O2S. The fraction of sp³-hybridized carbons (Fsp3) is 0.273. The molecule has 2 aliphatic rings. The minimum atomic E-state index is -0.208. The van der Waals surface area contributed by atoms with E-state index in [4.69, 9.17) is 11.6 Å². The van der Waals surface area contributed by atoms with Crippen LogP contribution < -0.4 is 15.1 Å². The number of fused-ring (bicyclic) bond motifs is 1. The molecule has 0 unspecified atom stereocenters. The number of carbonyl (C=O) groups excluding carboxylic acids is 2. The molecule has 0 saturated carbocycles. The van der Waals surface area contributed by atoms with Crippen molar-refractivity contribution in [3.63, 3.8) is 0 Å². The van der Waals surface area contributed by atoms with E-state index in [-0.39, 0.29) is 24.1 Å². The average Bonchev–Trinajstić information content (AvgIpc) is 3.46. The van der Waals surface area contributed by atoms with Crippen molar-refractivity contribution in [2.45, 2.75) is 18.0 Å². The highest BCUT2D eigenvalue weighted by atomic mass is 35.5. The second-order valence-electron chi connectivity index (χ2n) is 7.63. The van der Waals surface area contributed by atoms with Gasteiger partial charge in [0.15, 0.2) is 5.16 Å². The third kappa shape index (κ3) is 4.05. The Balaban J connectivity index is 1.41. The fourth-order valence-electron chi connectivity index (χ4n) is 3.98. The second-order valence-corrected chi connectivity index (χ2v) is 9.00. The van der Waals surface area contributed by atoms with Crippen molar-refractivity contribution >= 4 is 52.5 Å². The summed E-state index contributed by atoms with van der Waals surface area (Å²) in [4.78, 5) is 28.9. The van der Waals surface area contributed by atoms with Gasteiger partial charge in [0.2, 0.25) is 17.8 Å². The predicted molar refractivity (Wildman–Crippen MR) is 126 cm³/mol. The Morgan fingerprint density at radius 1 is 1.09 bits per heavy atom. The Morgan fingerprint density at radius 3 is 2.72 bits per heavy atom. The van der Waals surface area contributed by atoms with Crippen LogP contribution in [0.3, 0.4) is 0 Å². The van der Waals surface area contributed by atoms with Gasteiger partial charge in [0.1, 0.15) is 6.54 Å². The summed E-state index contributed by atoms with van der Waals surface area (Å²) in [6, 6.07) is 14.8. The van der Waals surface area contributed by atoms with Gasteiger partial charge < -0.3 is 15.1 Å². The highest BCUT2D eigenvalue weighted by Crippen LogP contribution is 2.32. The van der Waals surface area contributed by atoms with Gasteiger partial charge in [0.25, 0.3) is 0 Å². The van der Waals surface area contributed by atoms with Gasteiger partial charge in [-0.15, -0.1) is 10.2 Å². The van der Waals surface area contributed by atoms with Crippen LogP contribution >= 0.6 is 23.4 Å². The molecule has 2 aromatic carbocycles. The maximum absolute atomic E-state index is 13.1. The number of anilines is 3. The summed E-state index contributed by atoms with van der Waals surface area (Å²) in [5.74, 6) is 0.504. The smallest absolute Gasteiger partial charge is 0.244 e. The molecule has 0 spiro atoms. The van der Waals surface area contributed by atoms with Gasteiger partial charge in [-0.25, -0.2) is 0 Å². The van der Waals surface area contributed by atoms with Crippen LogP contribution in [0.25, 0.3) is 5.69 Å². The molecule has 3 heterocycles. The largest absolute Gasteiger partial charge is 0.341 e. The zero-order valence-corrected chi connectivity index (χ0v) is 18.8. The second kappa shape index (κ2) is 8.84. The number of thioether (sulfide) groups is 1. The molecule has 1 saturated heterocycles. The molecule has 2 aliphatic heterocycles. The van der Waals surface area contributed by atoms with E-state index in [2.05, 4.69) is 20.4 Å². The van der Waals surface area contributed by atoms with Crippen LogP contribution in [0.4, 0.5) is 17.3 Å². The van der Waals surface area contributed by atoms with E-state index in [0.717, 1.165) is 37.6 Å². The van der Waals surface area contributed by atoms with E-state index < -0.39 is 0 Å². The molecule has 32 heavy (non-hydrogen) atoms. The molecule has 2 amide bonds. The molecule has 10 heteroatoms. The standard InChI is InChI=1S/C22H21ClN6O2S/c23-15-6-5-7-16(12-15)29-21(27-10-3-4-11-27)25-26-22(29)32-14-20(31)28-13-19(30)24-17-8-1-2-9-18(17)28/h1-2,5-9,12H,3-4,10-11,13-14H2,(H,24,30). The summed E-state index contributed by atoms with van der Waals surface area (Å²) in [6.07, 6.45) is 2.22. The summed E-state index contributed by atoms with van der Waals surface area (Å²) in [7, 11) is 0. The van der Waals surface area contributed by atoms with Crippen molar-refractivity contribution in [2.75, 3.05) is 40.5 Å². The molecule has 0 atom stereocenters.